The number of nitrogens with one attached hydrogen (secondary N) is 1. The van der Waals surface area contributed by atoms with Crippen molar-refractivity contribution in [2.45, 2.75) is 6.42 Å². The zero-order valence-electron chi connectivity index (χ0n) is 6.88. The van der Waals surface area contributed by atoms with Crippen molar-refractivity contribution in [2.75, 3.05) is 20.3 Å². The van der Waals surface area contributed by atoms with E-state index >= 15 is 0 Å². The highest BCUT2D eigenvalue weighted by Gasteiger charge is 1.95. The normalized spacial score (nSPS) is 10.8. The maximum atomic E-state index is 5.43. The van der Waals surface area contributed by atoms with E-state index in [9.17, 15) is 0 Å². The molecule has 0 fully saturated rings. The van der Waals surface area contributed by atoms with E-state index in [-0.39, 0.29) is 0 Å². The van der Waals surface area contributed by atoms with E-state index < -0.39 is 0 Å². The maximum absolute atomic E-state index is 5.43. The average Bonchev–Trinajstić information content (AvgIpc) is 2.52. The van der Waals surface area contributed by atoms with Crippen molar-refractivity contribution in [3.05, 3.63) is 24.0 Å². The Kier molecular flexibility index (Phi) is 3.14. The van der Waals surface area contributed by atoms with Gasteiger partial charge in [0.25, 0.3) is 0 Å². The summed E-state index contributed by atoms with van der Waals surface area (Å²) < 4.78 is 0. The summed E-state index contributed by atoms with van der Waals surface area (Å²) in [7, 11) is 2.02. The van der Waals surface area contributed by atoms with Crippen LogP contribution in [-0.2, 0) is 6.42 Å². The summed E-state index contributed by atoms with van der Waals surface area (Å²) in [5.74, 6) is 0. The van der Waals surface area contributed by atoms with Gasteiger partial charge in [0.15, 0.2) is 0 Å². The molecule has 0 saturated carbocycles. The first-order chi connectivity index (χ1) is 5.33. The Hall–Kier alpha value is -0.800. The zero-order chi connectivity index (χ0) is 8.10. The third-order valence-corrected chi connectivity index (χ3v) is 1.74. The Morgan fingerprint density at radius 2 is 2.45 bits per heavy atom. The molecular weight excluding hydrogens is 138 g/mol. The number of hydrogen-bond donors (Lipinski definition) is 2. The van der Waals surface area contributed by atoms with Gasteiger partial charge in [0.05, 0.1) is 0 Å². The molecule has 1 heterocycles. The van der Waals surface area contributed by atoms with Gasteiger partial charge in [-0.15, -0.1) is 0 Å². The Labute approximate surface area is 67.2 Å². The van der Waals surface area contributed by atoms with Crippen LogP contribution in [0.1, 0.15) is 5.69 Å². The largest absolute Gasteiger partial charge is 0.365 e. The predicted molar refractivity (Wildman–Crippen MR) is 46.2 cm³/mol. The highest BCUT2D eigenvalue weighted by atomic mass is 15.1. The molecule has 0 amide bonds. The van der Waals surface area contributed by atoms with Crippen molar-refractivity contribution in [1.82, 2.24) is 9.88 Å². The molecule has 0 aliphatic rings. The molecule has 3 heteroatoms. The summed E-state index contributed by atoms with van der Waals surface area (Å²) in [4.78, 5) is 5.23. The summed E-state index contributed by atoms with van der Waals surface area (Å²) in [6.45, 7) is 1.64. The van der Waals surface area contributed by atoms with Gasteiger partial charge in [-0.1, -0.05) is 0 Å². The van der Waals surface area contributed by atoms with Gasteiger partial charge in [0, 0.05) is 31.5 Å². The van der Waals surface area contributed by atoms with Crippen molar-refractivity contribution in [1.29, 1.82) is 0 Å². The topological polar surface area (TPSA) is 45.0 Å². The van der Waals surface area contributed by atoms with Gasteiger partial charge >= 0.3 is 0 Å². The molecular formula is C8H15N3. The molecule has 0 saturated heterocycles. The molecule has 0 spiro atoms. The number of aromatic amines is 1. The van der Waals surface area contributed by atoms with E-state index in [0.717, 1.165) is 13.0 Å². The first kappa shape index (κ1) is 8.30. The van der Waals surface area contributed by atoms with Gasteiger partial charge in [-0.2, -0.15) is 0 Å². The Bertz CT molecular complexity index is 181. The van der Waals surface area contributed by atoms with Crippen LogP contribution >= 0.6 is 0 Å². The van der Waals surface area contributed by atoms with Crippen LogP contribution in [0.25, 0.3) is 0 Å². The molecule has 0 radical (unpaired) electrons. The third kappa shape index (κ3) is 2.74. The molecule has 11 heavy (non-hydrogen) atoms. The van der Waals surface area contributed by atoms with Gasteiger partial charge in [-0.25, -0.2) is 0 Å². The van der Waals surface area contributed by atoms with E-state index in [1.807, 2.05) is 19.3 Å². The van der Waals surface area contributed by atoms with Crippen LogP contribution in [0, 0.1) is 0 Å². The van der Waals surface area contributed by atoms with Crippen LogP contribution in [0.2, 0.25) is 0 Å². The number of nitrogens with two attached hydrogens (primary N) is 1. The highest BCUT2D eigenvalue weighted by Crippen LogP contribution is 1.95. The lowest BCUT2D eigenvalue weighted by molar-refractivity contribution is 0.348. The summed E-state index contributed by atoms with van der Waals surface area (Å²) >= 11 is 0. The number of H-pyrrole nitrogens is 1. The molecule has 3 N–H and O–H groups in total. The van der Waals surface area contributed by atoms with Gasteiger partial charge in [-0.05, 0) is 19.2 Å². The summed E-state index contributed by atoms with van der Waals surface area (Å²) in [6, 6.07) is 4.10. The molecule has 1 aromatic rings. The number of rotatable bonds is 4. The minimum Gasteiger partial charge on any atom is -0.365 e. The first-order valence-electron chi connectivity index (χ1n) is 3.84. The van der Waals surface area contributed by atoms with Crippen molar-refractivity contribution in [2.24, 2.45) is 5.73 Å². The van der Waals surface area contributed by atoms with Gasteiger partial charge in [-0.3, -0.25) is 4.90 Å². The number of nitrogens with zero attached hydrogens (tertiary/aromatic N) is 1. The fourth-order valence-corrected chi connectivity index (χ4v) is 0.926. The van der Waals surface area contributed by atoms with Crippen LogP contribution in [0.3, 0.4) is 0 Å². The fourth-order valence-electron chi connectivity index (χ4n) is 0.926. The standard InChI is InChI=1S/C8H15N3/c1-11(7-9)6-4-8-3-2-5-10-8/h2-3,5,10H,4,6-7,9H2,1H3. The molecule has 62 valence electrons. The average molecular weight is 153 g/mol. The van der Waals surface area contributed by atoms with Crippen LogP contribution in [0.15, 0.2) is 18.3 Å². The first-order valence-corrected chi connectivity index (χ1v) is 3.84. The SMILES string of the molecule is CN(CN)CCc1ccc[nH]1. The number of hydrogen-bond acceptors (Lipinski definition) is 2. The highest BCUT2D eigenvalue weighted by molar-refractivity contribution is 5.03. The van der Waals surface area contributed by atoms with Crippen molar-refractivity contribution >= 4 is 0 Å². The van der Waals surface area contributed by atoms with Gasteiger partial charge in [0.1, 0.15) is 0 Å². The number of aromatic nitrogens is 1. The van der Waals surface area contributed by atoms with Crippen molar-refractivity contribution in [3.8, 4) is 0 Å². The van der Waals surface area contributed by atoms with Crippen molar-refractivity contribution in [3.63, 3.8) is 0 Å². The van der Waals surface area contributed by atoms with E-state index in [0.29, 0.717) is 6.67 Å². The van der Waals surface area contributed by atoms with Gasteiger partial charge < -0.3 is 10.7 Å². The second-order valence-electron chi connectivity index (χ2n) is 2.71. The van der Waals surface area contributed by atoms with E-state index in [1.54, 1.807) is 0 Å². The van der Waals surface area contributed by atoms with Crippen LogP contribution in [0.5, 0.6) is 0 Å². The molecule has 0 aliphatic carbocycles. The third-order valence-electron chi connectivity index (χ3n) is 1.74. The quantitative estimate of drug-likeness (QED) is 0.615. The maximum Gasteiger partial charge on any atom is 0.0452 e. The smallest absolute Gasteiger partial charge is 0.0452 e. The lowest BCUT2D eigenvalue weighted by Gasteiger charge is -2.11. The predicted octanol–water partition coefficient (Wildman–Crippen LogP) is 0.405. The number of likely N-dealkylation sites (N-methyl/N-ethyl adjacent to an activating group) is 1. The van der Waals surface area contributed by atoms with E-state index in [4.69, 9.17) is 5.73 Å². The molecule has 0 atom stereocenters. The Morgan fingerprint density at radius 1 is 1.64 bits per heavy atom. The van der Waals surface area contributed by atoms with Crippen LogP contribution in [-0.4, -0.2) is 30.1 Å². The van der Waals surface area contributed by atoms with Gasteiger partial charge in [0.2, 0.25) is 0 Å². The molecule has 1 aromatic heterocycles. The molecule has 0 bridgehead atoms. The zero-order valence-corrected chi connectivity index (χ0v) is 6.88. The van der Waals surface area contributed by atoms with Crippen molar-refractivity contribution < 1.29 is 0 Å². The summed E-state index contributed by atoms with van der Waals surface area (Å²) in [5, 5.41) is 0. The van der Waals surface area contributed by atoms with Crippen LogP contribution in [0.4, 0.5) is 0 Å². The molecule has 0 unspecified atom stereocenters. The lowest BCUT2D eigenvalue weighted by Crippen LogP contribution is -2.27. The lowest BCUT2D eigenvalue weighted by atomic mass is 10.3. The molecule has 0 aromatic carbocycles. The summed E-state index contributed by atoms with van der Waals surface area (Å²) in [5.41, 5.74) is 6.70. The summed E-state index contributed by atoms with van der Waals surface area (Å²) in [6.07, 6.45) is 2.98. The Balaban J connectivity index is 2.23. The molecule has 1 rings (SSSR count). The monoisotopic (exact) mass is 153 g/mol. The van der Waals surface area contributed by atoms with E-state index in [1.165, 1.54) is 5.69 Å². The minimum atomic E-state index is 0.626. The van der Waals surface area contributed by atoms with Crippen LogP contribution < -0.4 is 5.73 Å². The van der Waals surface area contributed by atoms with E-state index in [2.05, 4.69) is 16.0 Å². The minimum absolute atomic E-state index is 0.626. The fraction of sp³-hybridized carbons (Fsp3) is 0.500. The second-order valence-corrected chi connectivity index (χ2v) is 2.71. The Morgan fingerprint density at radius 3 is 3.00 bits per heavy atom. The molecule has 3 nitrogen and oxygen atoms in total. The molecule has 0 aliphatic heterocycles. The second kappa shape index (κ2) is 4.16.